The number of hydrogen-bond donors (Lipinski definition) is 1. The number of sulfone groups is 1. The Bertz CT molecular complexity index is 398. The maximum absolute atomic E-state index is 11.0. The Morgan fingerprint density at radius 1 is 1.25 bits per heavy atom. The molecule has 0 bridgehead atoms. The van der Waals surface area contributed by atoms with Gasteiger partial charge in [0.05, 0.1) is 0 Å². The van der Waals surface area contributed by atoms with Gasteiger partial charge >= 0.3 is 0 Å². The summed E-state index contributed by atoms with van der Waals surface area (Å²) in [6.45, 7) is 0.0633. The summed E-state index contributed by atoms with van der Waals surface area (Å²) in [6.07, 6.45) is 2.54. The minimum Gasteiger partial charge on any atom is -0.396 e. The Hall–Kier alpha value is -0.870. The van der Waals surface area contributed by atoms with E-state index in [0.717, 1.165) is 5.56 Å². The first kappa shape index (κ1) is 13.2. The third-order valence-electron chi connectivity index (χ3n) is 2.56. The molecule has 0 fully saturated rings. The fourth-order valence-electron chi connectivity index (χ4n) is 1.68. The van der Waals surface area contributed by atoms with Gasteiger partial charge in [0.1, 0.15) is 9.84 Å². The molecule has 3 nitrogen and oxygen atoms in total. The molecule has 0 amide bonds. The minimum atomic E-state index is -2.89. The van der Waals surface area contributed by atoms with Gasteiger partial charge in [-0.3, -0.25) is 0 Å². The third kappa shape index (κ3) is 4.77. The molecule has 0 spiro atoms. The Morgan fingerprint density at radius 3 is 2.38 bits per heavy atom. The first-order valence-electron chi connectivity index (χ1n) is 5.36. The molecular weight excluding hydrogens is 224 g/mol. The molecule has 1 unspecified atom stereocenters. The summed E-state index contributed by atoms with van der Waals surface area (Å²) in [5.41, 5.74) is 1.07. The zero-order valence-corrected chi connectivity index (χ0v) is 10.3. The van der Waals surface area contributed by atoms with Crippen LogP contribution in [0.4, 0.5) is 0 Å². The van der Waals surface area contributed by atoms with E-state index in [1.165, 1.54) is 6.26 Å². The zero-order valence-electron chi connectivity index (χ0n) is 9.46. The standard InChI is InChI=1S/C12H18O3S/c1-16(14,15)9-5-8-12(10-13)11-6-3-2-4-7-11/h2-4,6-7,12-13H,5,8-10H2,1H3. The smallest absolute Gasteiger partial charge is 0.147 e. The van der Waals surface area contributed by atoms with Gasteiger partial charge in [0.25, 0.3) is 0 Å². The minimum absolute atomic E-state index is 0.0444. The van der Waals surface area contributed by atoms with Crippen molar-refractivity contribution in [2.24, 2.45) is 0 Å². The first-order chi connectivity index (χ1) is 7.53. The van der Waals surface area contributed by atoms with Crippen LogP contribution in [0.15, 0.2) is 30.3 Å². The molecule has 0 saturated heterocycles. The number of rotatable bonds is 6. The van der Waals surface area contributed by atoms with E-state index in [0.29, 0.717) is 12.8 Å². The SMILES string of the molecule is CS(=O)(=O)CCCC(CO)c1ccccc1. The Labute approximate surface area is 97.0 Å². The highest BCUT2D eigenvalue weighted by Gasteiger charge is 2.11. The molecule has 0 aromatic heterocycles. The molecule has 0 aliphatic heterocycles. The summed E-state index contributed by atoms with van der Waals surface area (Å²) in [5, 5.41) is 9.26. The molecule has 4 heteroatoms. The zero-order chi connectivity index (χ0) is 12.0. The maximum Gasteiger partial charge on any atom is 0.147 e. The molecule has 90 valence electrons. The predicted octanol–water partition coefficient (Wildman–Crippen LogP) is 1.59. The summed E-state index contributed by atoms with van der Waals surface area (Å²) >= 11 is 0. The van der Waals surface area contributed by atoms with Crippen LogP contribution in [0.2, 0.25) is 0 Å². The molecule has 0 aliphatic carbocycles. The highest BCUT2D eigenvalue weighted by atomic mass is 32.2. The van der Waals surface area contributed by atoms with Crippen LogP contribution in [0, 0.1) is 0 Å². The molecule has 1 rings (SSSR count). The van der Waals surface area contributed by atoms with Crippen LogP contribution in [0.3, 0.4) is 0 Å². The van der Waals surface area contributed by atoms with Crippen LogP contribution in [0.25, 0.3) is 0 Å². The van der Waals surface area contributed by atoms with Crippen molar-refractivity contribution in [2.45, 2.75) is 18.8 Å². The number of aliphatic hydroxyl groups excluding tert-OH is 1. The quantitative estimate of drug-likeness (QED) is 0.824. The number of hydrogen-bond acceptors (Lipinski definition) is 3. The van der Waals surface area contributed by atoms with Gasteiger partial charge < -0.3 is 5.11 Å². The molecule has 0 saturated carbocycles. The van der Waals surface area contributed by atoms with E-state index in [9.17, 15) is 13.5 Å². The second-order valence-electron chi connectivity index (χ2n) is 4.06. The summed E-state index contributed by atoms with van der Waals surface area (Å²) in [4.78, 5) is 0. The van der Waals surface area contributed by atoms with Crippen molar-refractivity contribution < 1.29 is 13.5 Å². The van der Waals surface area contributed by atoms with Gasteiger partial charge in [-0.25, -0.2) is 8.42 Å². The largest absolute Gasteiger partial charge is 0.396 e. The lowest BCUT2D eigenvalue weighted by Crippen LogP contribution is -2.08. The van der Waals surface area contributed by atoms with Crippen LogP contribution in [-0.4, -0.2) is 32.1 Å². The van der Waals surface area contributed by atoms with Gasteiger partial charge in [0.15, 0.2) is 0 Å². The van der Waals surface area contributed by atoms with Crippen molar-refractivity contribution in [1.29, 1.82) is 0 Å². The maximum atomic E-state index is 11.0. The summed E-state index contributed by atoms with van der Waals surface area (Å²) in [6, 6.07) is 9.69. The van der Waals surface area contributed by atoms with E-state index in [4.69, 9.17) is 0 Å². The van der Waals surface area contributed by atoms with Crippen molar-refractivity contribution in [3.05, 3.63) is 35.9 Å². The van der Waals surface area contributed by atoms with Crippen LogP contribution >= 0.6 is 0 Å². The van der Waals surface area contributed by atoms with E-state index in [2.05, 4.69) is 0 Å². The van der Waals surface area contributed by atoms with E-state index in [1.54, 1.807) is 0 Å². The van der Waals surface area contributed by atoms with Gasteiger partial charge in [0, 0.05) is 24.5 Å². The molecule has 1 aromatic carbocycles. The second kappa shape index (κ2) is 6.01. The number of benzene rings is 1. The van der Waals surface area contributed by atoms with Crippen LogP contribution in [0.5, 0.6) is 0 Å². The fraction of sp³-hybridized carbons (Fsp3) is 0.500. The normalized spacial score (nSPS) is 13.6. The molecule has 0 aliphatic rings. The van der Waals surface area contributed by atoms with Gasteiger partial charge in [-0.15, -0.1) is 0 Å². The Morgan fingerprint density at radius 2 is 1.88 bits per heavy atom. The second-order valence-corrected chi connectivity index (χ2v) is 6.32. The summed E-state index contributed by atoms with van der Waals surface area (Å²) in [5.74, 6) is 0.235. The lowest BCUT2D eigenvalue weighted by Gasteiger charge is -2.13. The van der Waals surface area contributed by atoms with Crippen molar-refractivity contribution in [1.82, 2.24) is 0 Å². The molecule has 1 N–H and O–H groups in total. The average Bonchev–Trinajstić information content (AvgIpc) is 2.24. The topological polar surface area (TPSA) is 54.4 Å². The molecule has 1 aromatic rings. The van der Waals surface area contributed by atoms with E-state index in [1.807, 2.05) is 30.3 Å². The highest BCUT2D eigenvalue weighted by Crippen LogP contribution is 2.20. The van der Waals surface area contributed by atoms with Gasteiger partial charge in [-0.05, 0) is 18.4 Å². The van der Waals surface area contributed by atoms with Crippen LogP contribution in [0.1, 0.15) is 24.3 Å². The van der Waals surface area contributed by atoms with Crippen molar-refractivity contribution in [3.8, 4) is 0 Å². The van der Waals surface area contributed by atoms with Gasteiger partial charge in [-0.2, -0.15) is 0 Å². The molecule has 0 heterocycles. The molecule has 16 heavy (non-hydrogen) atoms. The summed E-state index contributed by atoms with van der Waals surface area (Å²) in [7, 11) is -2.89. The van der Waals surface area contributed by atoms with Crippen molar-refractivity contribution >= 4 is 9.84 Å². The van der Waals surface area contributed by atoms with E-state index >= 15 is 0 Å². The van der Waals surface area contributed by atoms with E-state index in [-0.39, 0.29) is 18.3 Å². The Balaban J connectivity index is 2.51. The lowest BCUT2D eigenvalue weighted by atomic mass is 9.95. The summed E-state index contributed by atoms with van der Waals surface area (Å²) < 4.78 is 22.0. The lowest BCUT2D eigenvalue weighted by molar-refractivity contribution is 0.258. The Kier molecular flexibility index (Phi) is 4.96. The highest BCUT2D eigenvalue weighted by molar-refractivity contribution is 7.90. The van der Waals surface area contributed by atoms with Gasteiger partial charge in [0.2, 0.25) is 0 Å². The fourth-order valence-corrected chi connectivity index (χ4v) is 2.37. The van der Waals surface area contributed by atoms with Crippen molar-refractivity contribution in [2.75, 3.05) is 18.6 Å². The predicted molar refractivity (Wildman–Crippen MR) is 65.2 cm³/mol. The monoisotopic (exact) mass is 242 g/mol. The van der Waals surface area contributed by atoms with Crippen molar-refractivity contribution in [3.63, 3.8) is 0 Å². The van der Waals surface area contributed by atoms with E-state index < -0.39 is 9.84 Å². The molecule has 1 atom stereocenters. The average molecular weight is 242 g/mol. The van der Waals surface area contributed by atoms with Crippen LogP contribution in [-0.2, 0) is 9.84 Å². The first-order valence-corrected chi connectivity index (χ1v) is 7.42. The molecular formula is C12H18O3S. The van der Waals surface area contributed by atoms with Gasteiger partial charge in [-0.1, -0.05) is 30.3 Å². The third-order valence-corrected chi connectivity index (χ3v) is 3.59. The number of aliphatic hydroxyl groups is 1. The van der Waals surface area contributed by atoms with Crippen LogP contribution < -0.4 is 0 Å². The molecule has 0 radical (unpaired) electrons.